The molecule has 118 valence electrons. The van der Waals surface area contributed by atoms with E-state index >= 15 is 0 Å². The van der Waals surface area contributed by atoms with Crippen LogP contribution >= 0.6 is 23.4 Å². The first kappa shape index (κ1) is 16.9. The first-order chi connectivity index (χ1) is 10.6. The molecule has 0 fully saturated rings. The van der Waals surface area contributed by atoms with Crippen LogP contribution in [0.15, 0.2) is 41.6 Å². The van der Waals surface area contributed by atoms with Gasteiger partial charge in [-0.25, -0.2) is 4.98 Å². The number of nitrogens with one attached hydrogen (secondary N) is 1. The zero-order valence-corrected chi connectivity index (χ0v) is 14.3. The minimum absolute atomic E-state index is 0.0255. The summed E-state index contributed by atoms with van der Waals surface area (Å²) < 4.78 is 1.87. The number of aromatic nitrogens is 2. The second-order valence-electron chi connectivity index (χ2n) is 5.00. The highest BCUT2D eigenvalue weighted by Gasteiger charge is 2.15. The molecule has 0 aliphatic rings. The first-order valence-electron chi connectivity index (χ1n) is 7.23. The molecule has 1 N–H and O–H groups in total. The normalized spacial score (nSPS) is 12.1. The lowest BCUT2D eigenvalue weighted by molar-refractivity contribution is -0.123. The molecule has 0 aliphatic heterocycles. The van der Waals surface area contributed by atoms with Crippen molar-refractivity contribution in [2.45, 2.75) is 31.2 Å². The van der Waals surface area contributed by atoms with Gasteiger partial charge in [-0.3, -0.25) is 4.79 Å². The van der Waals surface area contributed by atoms with Crippen molar-refractivity contribution in [3.8, 4) is 0 Å². The molecule has 1 aromatic carbocycles. The topological polar surface area (TPSA) is 46.9 Å². The molecule has 2 aromatic rings. The van der Waals surface area contributed by atoms with Crippen LogP contribution in [0.4, 0.5) is 0 Å². The molecule has 0 aliphatic carbocycles. The lowest BCUT2D eigenvalue weighted by atomic mass is 10.3. The summed E-state index contributed by atoms with van der Waals surface area (Å²) in [5.74, 6) is 1.83. The predicted molar refractivity (Wildman–Crippen MR) is 91.5 cm³/mol. The Morgan fingerprint density at radius 2 is 2.14 bits per heavy atom. The van der Waals surface area contributed by atoms with Crippen molar-refractivity contribution in [1.29, 1.82) is 0 Å². The van der Waals surface area contributed by atoms with Crippen molar-refractivity contribution in [2.75, 3.05) is 12.3 Å². The second-order valence-corrected chi connectivity index (χ2v) is 6.61. The molecule has 0 saturated heterocycles. The number of carbonyl (C=O) groups is 1. The van der Waals surface area contributed by atoms with E-state index in [9.17, 15) is 4.79 Å². The van der Waals surface area contributed by atoms with E-state index in [1.165, 1.54) is 4.90 Å². The van der Waals surface area contributed by atoms with Crippen LogP contribution in [0.2, 0.25) is 5.02 Å². The van der Waals surface area contributed by atoms with Crippen molar-refractivity contribution >= 4 is 29.3 Å². The van der Waals surface area contributed by atoms with Crippen molar-refractivity contribution < 1.29 is 4.79 Å². The summed E-state index contributed by atoms with van der Waals surface area (Å²) >= 11 is 7.61. The Labute approximate surface area is 140 Å². The summed E-state index contributed by atoms with van der Waals surface area (Å²) in [4.78, 5) is 17.4. The SMILES string of the molecule is Cc1nccn1[C@@H](C)C(=O)NCCCSc1ccc(Cl)cc1. The van der Waals surface area contributed by atoms with E-state index < -0.39 is 0 Å². The van der Waals surface area contributed by atoms with Gasteiger partial charge >= 0.3 is 0 Å². The Morgan fingerprint density at radius 1 is 1.41 bits per heavy atom. The zero-order valence-electron chi connectivity index (χ0n) is 12.8. The Morgan fingerprint density at radius 3 is 2.77 bits per heavy atom. The highest BCUT2D eigenvalue weighted by Crippen LogP contribution is 2.20. The van der Waals surface area contributed by atoms with Gasteiger partial charge in [0, 0.05) is 28.9 Å². The third kappa shape index (κ3) is 4.78. The molecule has 4 nitrogen and oxygen atoms in total. The van der Waals surface area contributed by atoms with Gasteiger partial charge in [-0.2, -0.15) is 0 Å². The summed E-state index contributed by atoms with van der Waals surface area (Å²) in [5, 5.41) is 3.72. The number of thioether (sulfide) groups is 1. The Hall–Kier alpha value is -1.46. The van der Waals surface area contributed by atoms with Crippen LogP contribution in [-0.2, 0) is 4.79 Å². The smallest absolute Gasteiger partial charge is 0.242 e. The number of benzene rings is 1. The van der Waals surface area contributed by atoms with Gasteiger partial charge in [-0.05, 0) is 50.3 Å². The molecule has 1 amide bonds. The number of aryl methyl sites for hydroxylation is 1. The van der Waals surface area contributed by atoms with Crippen LogP contribution in [0.1, 0.15) is 25.2 Å². The molecular weight excluding hydrogens is 318 g/mol. The summed E-state index contributed by atoms with van der Waals surface area (Å²) in [6, 6.07) is 7.57. The highest BCUT2D eigenvalue weighted by molar-refractivity contribution is 7.99. The average Bonchev–Trinajstić information content (AvgIpc) is 2.94. The number of hydrogen-bond donors (Lipinski definition) is 1. The third-order valence-electron chi connectivity index (χ3n) is 3.36. The summed E-state index contributed by atoms with van der Waals surface area (Å²) in [6.07, 6.45) is 4.46. The first-order valence-corrected chi connectivity index (χ1v) is 8.60. The number of amides is 1. The Bertz CT molecular complexity index is 612. The number of imidazole rings is 1. The fourth-order valence-corrected chi connectivity index (χ4v) is 3.05. The molecular formula is C16H20ClN3OS. The summed E-state index contributed by atoms with van der Waals surface area (Å²) in [5.41, 5.74) is 0. The molecule has 0 spiro atoms. The van der Waals surface area contributed by atoms with E-state index in [1.54, 1.807) is 18.0 Å². The maximum atomic E-state index is 12.1. The van der Waals surface area contributed by atoms with Gasteiger partial charge < -0.3 is 9.88 Å². The molecule has 0 saturated carbocycles. The minimum atomic E-state index is -0.230. The van der Waals surface area contributed by atoms with Crippen molar-refractivity contribution in [1.82, 2.24) is 14.9 Å². The van der Waals surface area contributed by atoms with E-state index in [4.69, 9.17) is 11.6 Å². The van der Waals surface area contributed by atoms with Crippen molar-refractivity contribution in [3.05, 3.63) is 47.5 Å². The van der Waals surface area contributed by atoms with E-state index in [0.29, 0.717) is 6.54 Å². The second kappa shape index (κ2) is 8.25. The van der Waals surface area contributed by atoms with Gasteiger partial charge in [-0.1, -0.05) is 11.6 Å². The number of carbonyl (C=O) groups excluding carboxylic acids is 1. The quantitative estimate of drug-likeness (QED) is 0.619. The molecule has 1 aromatic heterocycles. The molecule has 22 heavy (non-hydrogen) atoms. The Balaban J connectivity index is 1.67. The van der Waals surface area contributed by atoms with Crippen molar-refractivity contribution in [3.63, 3.8) is 0 Å². The molecule has 1 atom stereocenters. The van der Waals surface area contributed by atoms with Gasteiger partial charge in [0.15, 0.2) is 0 Å². The van der Waals surface area contributed by atoms with Crippen LogP contribution in [0.3, 0.4) is 0 Å². The standard InChI is InChI=1S/C16H20ClN3OS/c1-12(20-10-9-18-13(20)2)16(21)19-8-3-11-22-15-6-4-14(17)5-7-15/h4-7,9-10,12H,3,8,11H2,1-2H3,(H,19,21)/t12-/m0/s1. The average molecular weight is 338 g/mol. The molecule has 2 rings (SSSR count). The van der Waals surface area contributed by atoms with E-state index in [1.807, 2.05) is 48.9 Å². The van der Waals surface area contributed by atoms with Gasteiger partial charge in [0.2, 0.25) is 5.91 Å². The lowest BCUT2D eigenvalue weighted by Crippen LogP contribution is -2.32. The highest BCUT2D eigenvalue weighted by atomic mass is 35.5. The fourth-order valence-electron chi connectivity index (χ4n) is 2.08. The van der Waals surface area contributed by atoms with Gasteiger partial charge in [-0.15, -0.1) is 11.8 Å². The molecule has 1 heterocycles. The van der Waals surface area contributed by atoms with Crippen LogP contribution in [0.25, 0.3) is 0 Å². The third-order valence-corrected chi connectivity index (χ3v) is 4.71. The number of halogens is 1. The maximum absolute atomic E-state index is 12.1. The van der Waals surface area contributed by atoms with Crippen LogP contribution in [0.5, 0.6) is 0 Å². The summed E-state index contributed by atoms with van der Waals surface area (Å²) in [7, 11) is 0. The number of hydrogen-bond acceptors (Lipinski definition) is 3. The van der Waals surface area contributed by atoms with Gasteiger partial charge in [0.05, 0.1) is 0 Å². The number of nitrogens with zero attached hydrogens (tertiary/aromatic N) is 2. The largest absolute Gasteiger partial charge is 0.354 e. The van der Waals surface area contributed by atoms with Crippen molar-refractivity contribution in [2.24, 2.45) is 0 Å². The van der Waals surface area contributed by atoms with Gasteiger partial charge in [0.25, 0.3) is 0 Å². The number of rotatable bonds is 7. The lowest BCUT2D eigenvalue weighted by Gasteiger charge is -2.15. The van der Waals surface area contributed by atoms with Crippen LogP contribution in [-0.4, -0.2) is 27.8 Å². The predicted octanol–water partition coefficient (Wildman–Crippen LogP) is 3.70. The summed E-state index contributed by atoms with van der Waals surface area (Å²) in [6.45, 7) is 4.45. The molecule has 0 radical (unpaired) electrons. The van der Waals surface area contributed by atoms with E-state index in [2.05, 4.69) is 10.3 Å². The Kier molecular flexibility index (Phi) is 6.34. The van der Waals surface area contributed by atoms with E-state index in [0.717, 1.165) is 23.0 Å². The minimum Gasteiger partial charge on any atom is -0.354 e. The molecule has 0 bridgehead atoms. The van der Waals surface area contributed by atoms with Crippen LogP contribution in [0, 0.1) is 6.92 Å². The van der Waals surface area contributed by atoms with Gasteiger partial charge in [0.1, 0.15) is 11.9 Å². The fraction of sp³-hybridized carbons (Fsp3) is 0.375. The maximum Gasteiger partial charge on any atom is 0.242 e. The molecule has 0 unspecified atom stereocenters. The van der Waals surface area contributed by atoms with E-state index in [-0.39, 0.29) is 11.9 Å². The van der Waals surface area contributed by atoms with Crippen LogP contribution < -0.4 is 5.32 Å². The monoisotopic (exact) mass is 337 g/mol. The zero-order chi connectivity index (χ0) is 15.9. The molecule has 6 heteroatoms.